The first kappa shape index (κ1) is 14.6. The third-order valence-electron chi connectivity index (χ3n) is 2.71. The number of carbonyl (C=O) groups excluding carboxylic acids is 1. The topological polar surface area (TPSA) is 67.2 Å². The Morgan fingerprint density at radius 2 is 2.05 bits per heavy atom. The van der Waals surface area contributed by atoms with Crippen molar-refractivity contribution in [3.8, 4) is 11.3 Å². The second-order valence-corrected chi connectivity index (χ2v) is 4.63. The fraction of sp³-hybridized carbons (Fsp3) is 0.286. The smallest absolute Gasteiger partial charge is 0.273 e. The minimum Gasteiger partial charge on any atom is -0.355 e. The number of amides is 1. The molecule has 0 saturated carbocycles. The molecule has 1 heterocycles. The summed E-state index contributed by atoms with van der Waals surface area (Å²) in [4.78, 5) is 11.8. The maximum absolute atomic E-state index is 11.8. The van der Waals surface area contributed by atoms with Crippen molar-refractivity contribution in [2.24, 2.45) is 0 Å². The summed E-state index contributed by atoms with van der Waals surface area (Å²) < 4.78 is 5.17. The number of rotatable bonds is 6. The SMILES string of the molecule is CCNCCNC(=O)c1cc(-c2ccc(Cl)cc2)on1. The van der Waals surface area contributed by atoms with Gasteiger partial charge in [0.25, 0.3) is 5.91 Å². The van der Waals surface area contributed by atoms with Gasteiger partial charge in [-0.15, -0.1) is 0 Å². The largest absolute Gasteiger partial charge is 0.355 e. The van der Waals surface area contributed by atoms with Crippen LogP contribution in [0, 0.1) is 0 Å². The molecule has 0 aliphatic carbocycles. The molecule has 1 aromatic heterocycles. The molecule has 1 aromatic carbocycles. The van der Waals surface area contributed by atoms with E-state index in [1.807, 2.05) is 19.1 Å². The number of halogens is 1. The van der Waals surface area contributed by atoms with Crippen LogP contribution >= 0.6 is 11.6 Å². The molecule has 6 heteroatoms. The number of hydrogen-bond acceptors (Lipinski definition) is 4. The number of carbonyl (C=O) groups is 1. The zero-order chi connectivity index (χ0) is 14.4. The van der Waals surface area contributed by atoms with E-state index >= 15 is 0 Å². The first-order chi connectivity index (χ1) is 9.70. The van der Waals surface area contributed by atoms with Gasteiger partial charge in [0.05, 0.1) is 0 Å². The molecule has 0 saturated heterocycles. The molecular weight excluding hydrogens is 278 g/mol. The zero-order valence-corrected chi connectivity index (χ0v) is 11.9. The van der Waals surface area contributed by atoms with Crippen LogP contribution in [0.2, 0.25) is 5.02 Å². The highest BCUT2D eigenvalue weighted by Gasteiger charge is 2.13. The van der Waals surface area contributed by atoms with Crippen molar-refractivity contribution in [3.63, 3.8) is 0 Å². The van der Waals surface area contributed by atoms with Crippen LogP contribution in [-0.2, 0) is 0 Å². The molecule has 0 bridgehead atoms. The molecule has 2 N–H and O–H groups in total. The van der Waals surface area contributed by atoms with Crippen LogP contribution in [0.3, 0.4) is 0 Å². The highest BCUT2D eigenvalue weighted by atomic mass is 35.5. The Kier molecular flexibility index (Phi) is 5.15. The fourth-order valence-electron chi connectivity index (χ4n) is 1.66. The molecule has 106 valence electrons. The van der Waals surface area contributed by atoms with E-state index in [2.05, 4.69) is 15.8 Å². The first-order valence-electron chi connectivity index (χ1n) is 6.42. The average molecular weight is 294 g/mol. The van der Waals surface area contributed by atoms with E-state index in [4.69, 9.17) is 16.1 Å². The van der Waals surface area contributed by atoms with E-state index in [1.54, 1.807) is 18.2 Å². The number of nitrogens with zero attached hydrogens (tertiary/aromatic N) is 1. The fourth-order valence-corrected chi connectivity index (χ4v) is 1.79. The minimum absolute atomic E-state index is 0.244. The standard InChI is InChI=1S/C14H16ClN3O2/c1-2-16-7-8-17-14(19)12-9-13(20-18-12)10-3-5-11(15)6-4-10/h3-6,9,16H,2,7-8H2,1H3,(H,17,19). The summed E-state index contributed by atoms with van der Waals surface area (Å²) in [6.45, 7) is 4.17. The van der Waals surface area contributed by atoms with Crippen LogP contribution < -0.4 is 10.6 Å². The lowest BCUT2D eigenvalue weighted by Gasteiger charge is -2.02. The molecule has 2 rings (SSSR count). The van der Waals surface area contributed by atoms with Crippen LogP contribution in [0.15, 0.2) is 34.9 Å². The van der Waals surface area contributed by atoms with E-state index in [0.29, 0.717) is 17.3 Å². The molecule has 1 amide bonds. The van der Waals surface area contributed by atoms with Gasteiger partial charge in [0.1, 0.15) is 0 Å². The van der Waals surface area contributed by atoms with Crippen LogP contribution in [-0.4, -0.2) is 30.7 Å². The summed E-state index contributed by atoms with van der Waals surface area (Å²) in [6.07, 6.45) is 0. The van der Waals surface area contributed by atoms with E-state index in [0.717, 1.165) is 18.7 Å². The van der Waals surface area contributed by atoms with Crippen molar-refractivity contribution in [2.45, 2.75) is 6.92 Å². The van der Waals surface area contributed by atoms with Crippen molar-refractivity contribution in [1.29, 1.82) is 0 Å². The molecule has 0 radical (unpaired) electrons. The Labute approximate surface area is 122 Å². The van der Waals surface area contributed by atoms with E-state index in [9.17, 15) is 4.79 Å². The van der Waals surface area contributed by atoms with E-state index < -0.39 is 0 Å². The third-order valence-corrected chi connectivity index (χ3v) is 2.96. The van der Waals surface area contributed by atoms with Gasteiger partial charge in [0.2, 0.25) is 0 Å². The molecule has 0 atom stereocenters. The number of hydrogen-bond donors (Lipinski definition) is 2. The number of benzene rings is 1. The molecule has 0 spiro atoms. The summed E-state index contributed by atoms with van der Waals surface area (Å²) in [7, 11) is 0. The molecule has 0 aliphatic rings. The number of likely N-dealkylation sites (N-methyl/N-ethyl adjacent to an activating group) is 1. The normalized spacial score (nSPS) is 10.5. The van der Waals surface area contributed by atoms with Gasteiger partial charge in [-0.1, -0.05) is 23.7 Å². The second kappa shape index (κ2) is 7.07. The van der Waals surface area contributed by atoms with Crippen LogP contribution in [0.5, 0.6) is 0 Å². The quantitative estimate of drug-likeness (QED) is 0.802. The van der Waals surface area contributed by atoms with Gasteiger partial charge in [-0.3, -0.25) is 4.79 Å². The van der Waals surface area contributed by atoms with E-state index in [-0.39, 0.29) is 11.6 Å². The van der Waals surface area contributed by atoms with Gasteiger partial charge < -0.3 is 15.2 Å². The Morgan fingerprint density at radius 3 is 2.75 bits per heavy atom. The number of aromatic nitrogens is 1. The van der Waals surface area contributed by atoms with Crippen molar-refractivity contribution < 1.29 is 9.32 Å². The highest BCUT2D eigenvalue weighted by Crippen LogP contribution is 2.22. The predicted molar refractivity (Wildman–Crippen MR) is 77.8 cm³/mol. The van der Waals surface area contributed by atoms with Crippen LogP contribution in [0.4, 0.5) is 0 Å². The second-order valence-electron chi connectivity index (χ2n) is 4.19. The maximum atomic E-state index is 11.8. The molecular formula is C14H16ClN3O2. The first-order valence-corrected chi connectivity index (χ1v) is 6.80. The third kappa shape index (κ3) is 3.82. The lowest BCUT2D eigenvalue weighted by Crippen LogP contribution is -2.31. The Morgan fingerprint density at radius 1 is 1.30 bits per heavy atom. The van der Waals surface area contributed by atoms with Gasteiger partial charge in [0, 0.05) is 29.7 Å². The lowest BCUT2D eigenvalue weighted by atomic mass is 10.1. The molecule has 0 unspecified atom stereocenters. The molecule has 20 heavy (non-hydrogen) atoms. The van der Waals surface area contributed by atoms with E-state index in [1.165, 1.54) is 0 Å². The van der Waals surface area contributed by atoms with Crippen LogP contribution in [0.1, 0.15) is 17.4 Å². The molecule has 2 aromatic rings. The Bertz CT molecular complexity index is 566. The lowest BCUT2D eigenvalue weighted by molar-refractivity contribution is 0.0945. The Hall–Kier alpha value is -1.85. The maximum Gasteiger partial charge on any atom is 0.273 e. The van der Waals surface area contributed by atoms with Gasteiger partial charge in [-0.05, 0) is 30.8 Å². The summed E-state index contributed by atoms with van der Waals surface area (Å²) in [5, 5.41) is 10.3. The van der Waals surface area contributed by atoms with Gasteiger partial charge in [-0.2, -0.15) is 0 Å². The van der Waals surface area contributed by atoms with Crippen molar-refractivity contribution in [3.05, 3.63) is 41.0 Å². The summed E-state index contributed by atoms with van der Waals surface area (Å²) in [5.41, 5.74) is 1.10. The van der Waals surface area contributed by atoms with Gasteiger partial charge in [-0.25, -0.2) is 0 Å². The highest BCUT2D eigenvalue weighted by molar-refractivity contribution is 6.30. The van der Waals surface area contributed by atoms with Crippen molar-refractivity contribution >= 4 is 17.5 Å². The summed E-state index contributed by atoms with van der Waals surface area (Å²) >= 11 is 5.82. The van der Waals surface area contributed by atoms with Gasteiger partial charge in [0.15, 0.2) is 11.5 Å². The summed E-state index contributed by atoms with van der Waals surface area (Å²) in [5.74, 6) is 0.297. The van der Waals surface area contributed by atoms with Gasteiger partial charge >= 0.3 is 0 Å². The average Bonchev–Trinajstić information content (AvgIpc) is 2.94. The Balaban J connectivity index is 1.98. The minimum atomic E-state index is -0.244. The van der Waals surface area contributed by atoms with Crippen molar-refractivity contribution in [1.82, 2.24) is 15.8 Å². The predicted octanol–water partition coefficient (Wildman–Crippen LogP) is 2.33. The molecule has 5 nitrogen and oxygen atoms in total. The molecule has 0 fully saturated rings. The van der Waals surface area contributed by atoms with Crippen molar-refractivity contribution in [2.75, 3.05) is 19.6 Å². The van der Waals surface area contributed by atoms with Crippen LogP contribution in [0.25, 0.3) is 11.3 Å². The molecule has 0 aliphatic heterocycles. The zero-order valence-electron chi connectivity index (χ0n) is 11.1. The monoisotopic (exact) mass is 293 g/mol. The number of nitrogens with one attached hydrogen (secondary N) is 2. The summed E-state index contributed by atoms with van der Waals surface area (Å²) in [6, 6.07) is 8.77.